The summed E-state index contributed by atoms with van der Waals surface area (Å²) in [6.07, 6.45) is 1.92. The highest BCUT2D eigenvalue weighted by Gasteiger charge is 2.17. The van der Waals surface area contributed by atoms with Gasteiger partial charge in [0, 0.05) is 39.1 Å². The lowest BCUT2D eigenvalue weighted by atomic mass is 10.2. The van der Waals surface area contributed by atoms with Gasteiger partial charge in [0.1, 0.15) is 0 Å². The van der Waals surface area contributed by atoms with E-state index in [1.54, 1.807) is 72.8 Å². The number of carbonyl (C=O) groups is 3. The van der Waals surface area contributed by atoms with Crippen LogP contribution in [0.2, 0.25) is 0 Å². The Kier molecular flexibility index (Phi) is 9.79. The van der Waals surface area contributed by atoms with Gasteiger partial charge in [-0.15, -0.1) is 0 Å². The Labute approximate surface area is 237 Å². The van der Waals surface area contributed by atoms with Crippen LogP contribution in [0, 0.1) is 0 Å². The lowest BCUT2D eigenvalue weighted by molar-refractivity contribution is 0.101. The summed E-state index contributed by atoms with van der Waals surface area (Å²) in [4.78, 5) is 39.7. The standard InChI is InChI=1S/C31H31N5O3S/c1-2-3-20-33-31(39)36-24-18-16-23(17-19-24)35-30(38)26-9-5-7-11-28(26)40-27-10-6-4-8-25(27)29(37)34-22-14-12-21(32)13-15-22/h4-19H,2-3,20,32H2,1H3,(H,34,37)(H,35,38)(H2,33,36,39). The molecule has 0 spiro atoms. The molecule has 0 aliphatic heterocycles. The maximum absolute atomic E-state index is 13.2. The normalized spacial score (nSPS) is 10.4. The zero-order chi connectivity index (χ0) is 28.3. The van der Waals surface area contributed by atoms with Crippen molar-refractivity contribution >= 4 is 52.4 Å². The van der Waals surface area contributed by atoms with E-state index < -0.39 is 0 Å². The van der Waals surface area contributed by atoms with Crippen LogP contribution in [0.25, 0.3) is 0 Å². The van der Waals surface area contributed by atoms with Crippen molar-refractivity contribution < 1.29 is 14.4 Å². The molecule has 0 bridgehead atoms. The molecule has 0 aliphatic carbocycles. The van der Waals surface area contributed by atoms with E-state index in [-0.39, 0.29) is 17.8 Å². The summed E-state index contributed by atoms with van der Waals surface area (Å²) in [6, 6.07) is 28.1. The minimum absolute atomic E-state index is 0.262. The maximum Gasteiger partial charge on any atom is 0.319 e. The van der Waals surface area contributed by atoms with Crippen LogP contribution in [0.3, 0.4) is 0 Å². The number of hydrogen-bond donors (Lipinski definition) is 5. The van der Waals surface area contributed by atoms with E-state index in [9.17, 15) is 14.4 Å². The monoisotopic (exact) mass is 553 g/mol. The minimum Gasteiger partial charge on any atom is -0.399 e. The molecule has 0 radical (unpaired) electrons. The van der Waals surface area contributed by atoms with Crippen LogP contribution in [-0.2, 0) is 0 Å². The summed E-state index contributed by atoms with van der Waals surface area (Å²) in [5, 5.41) is 11.4. The summed E-state index contributed by atoms with van der Waals surface area (Å²) in [7, 11) is 0. The van der Waals surface area contributed by atoms with Gasteiger partial charge >= 0.3 is 6.03 Å². The van der Waals surface area contributed by atoms with Gasteiger partial charge in [-0.05, 0) is 79.2 Å². The number of carbonyl (C=O) groups excluding carboxylic acids is 3. The molecule has 0 saturated heterocycles. The van der Waals surface area contributed by atoms with Crippen molar-refractivity contribution in [2.45, 2.75) is 29.6 Å². The van der Waals surface area contributed by atoms with Gasteiger partial charge < -0.3 is 27.0 Å². The van der Waals surface area contributed by atoms with Gasteiger partial charge in [-0.3, -0.25) is 9.59 Å². The molecule has 0 atom stereocenters. The Balaban J connectivity index is 1.44. The molecular weight excluding hydrogens is 522 g/mol. The Morgan fingerprint density at radius 1 is 0.650 bits per heavy atom. The van der Waals surface area contributed by atoms with Crippen LogP contribution in [0.4, 0.5) is 27.5 Å². The molecule has 4 aromatic carbocycles. The third kappa shape index (κ3) is 7.87. The molecule has 40 heavy (non-hydrogen) atoms. The van der Waals surface area contributed by atoms with Crippen LogP contribution >= 0.6 is 11.8 Å². The van der Waals surface area contributed by atoms with Crippen LogP contribution in [0.15, 0.2) is 107 Å². The molecule has 4 amide bonds. The van der Waals surface area contributed by atoms with Crippen molar-refractivity contribution in [1.82, 2.24) is 5.32 Å². The Hall–Kier alpha value is -4.76. The van der Waals surface area contributed by atoms with E-state index in [4.69, 9.17) is 5.73 Å². The fraction of sp³-hybridized carbons (Fsp3) is 0.129. The highest BCUT2D eigenvalue weighted by atomic mass is 32.2. The number of urea groups is 1. The number of benzene rings is 4. The van der Waals surface area contributed by atoms with Crippen molar-refractivity contribution in [3.63, 3.8) is 0 Å². The van der Waals surface area contributed by atoms with E-state index in [0.717, 1.165) is 12.8 Å². The molecule has 4 rings (SSSR count). The first kappa shape index (κ1) is 28.3. The van der Waals surface area contributed by atoms with Gasteiger partial charge in [0.05, 0.1) is 11.1 Å². The highest BCUT2D eigenvalue weighted by molar-refractivity contribution is 7.99. The minimum atomic E-state index is -0.287. The largest absolute Gasteiger partial charge is 0.399 e. The SMILES string of the molecule is CCCCNC(=O)Nc1ccc(NC(=O)c2ccccc2Sc2ccccc2C(=O)Nc2ccc(N)cc2)cc1. The van der Waals surface area contributed by atoms with Gasteiger partial charge in [-0.25, -0.2) is 4.79 Å². The highest BCUT2D eigenvalue weighted by Crippen LogP contribution is 2.33. The smallest absolute Gasteiger partial charge is 0.319 e. The molecule has 0 fully saturated rings. The van der Waals surface area contributed by atoms with Crippen molar-refractivity contribution in [3.05, 3.63) is 108 Å². The molecule has 9 heteroatoms. The second-order valence-electron chi connectivity index (χ2n) is 8.94. The maximum atomic E-state index is 13.2. The average Bonchev–Trinajstić information content (AvgIpc) is 2.96. The van der Waals surface area contributed by atoms with Crippen LogP contribution < -0.4 is 27.0 Å². The summed E-state index contributed by atoms with van der Waals surface area (Å²) < 4.78 is 0. The summed E-state index contributed by atoms with van der Waals surface area (Å²) in [6.45, 7) is 2.68. The molecule has 204 valence electrons. The Morgan fingerprint density at radius 3 is 1.60 bits per heavy atom. The number of rotatable bonds is 10. The number of amides is 4. The Bertz CT molecular complexity index is 1470. The second-order valence-corrected chi connectivity index (χ2v) is 10.0. The molecule has 8 nitrogen and oxygen atoms in total. The first-order valence-electron chi connectivity index (χ1n) is 12.9. The fourth-order valence-electron chi connectivity index (χ4n) is 3.76. The lowest BCUT2D eigenvalue weighted by Crippen LogP contribution is -2.29. The lowest BCUT2D eigenvalue weighted by Gasteiger charge is -2.13. The number of unbranched alkanes of at least 4 members (excludes halogenated alkanes) is 1. The number of nitrogens with one attached hydrogen (secondary N) is 4. The summed E-state index contributed by atoms with van der Waals surface area (Å²) >= 11 is 1.34. The molecule has 0 aliphatic rings. The fourth-order valence-corrected chi connectivity index (χ4v) is 4.83. The molecule has 6 N–H and O–H groups in total. The van der Waals surface area contributed by atoms with E-state index in [2.05, 4.69) is 28.2 Å². The van der Waals surface area contributed by atoms with Gasteiger partial charge in [-0.1, -0.05) is 49.4 Å². The third-order valence-electron chi connectivity index (χ3n) is 5.87. The quantitative estimate of drug-likeness (QED) is 0.109. The van der Waals surface area contributed by atoms with Gasteiger partial charge in [0.2, 0.25) is 0 Å². The number of nitrogen functional groups attached to an aromatic ring is 1. The van der Waals surface area contributed by atoms with E-state index in [1.165, 1.54) is 11.8 Å². The molecular formula is C31H31N5O3S. The molecule has 0 saturated carbocycles. The topological polar surface area (TPSA) is 125 Å². The summed E-state index contributed by atoms with van der Waals surface area (Å²) in [5.41, 5.74) is 9.16. The third-order valence-corrected chi connectivity index (χ3v) is 7.02. The summed E-state index contributed by atoms with van der Waals surface area (Å²) in [5.74, 6) is -0.549. The van der Waals surface area contributed by atoms with Crippen molar-refractivity contribution in [1.29, 1.82) is 0 Å². The van der Waals surface area contributed by atoms with Crippen LogP contribution in [0.1, 0.15) is 40.5 Å². The second kappa shape index (κ2) is 13.9. The zero-order valence-electron chi connectivity index (χ0n) is 22.1. The van der Waals surface area contributed by atoms with Gasteiger partial charge in [0.25, 0.3) is 11.8 Å². The van der Waals surface area contributed by atoms with E-state index >= 15 is 0 Å². The zero-order valence-corrected chi connectivity index (χ0v) is 22.9. The van der Waals surface area contributed by atoms with Gasteiger partial charge in [-0.2, -0.15) is 0 Å². The Morgan fingerprint density at radius 2 is 1.10 bits per heavy atom. The molecule has 0 heterocycles. The van der Waals surface area contributed by atoms with Crippen LogP contribution in [-0.4, -0.2) is 24.4 Å². The first-order valence-corrected chi connectivity index (χ1v) is 13.7. The number of nitrogens with two attached hydrogens (primary N) is 1. The van der Waals surface area contributed by atoms with E-state index in [0.29, 0.717) is 50.2 Å². The molecule has 0 aromatic heterocycles. The van der Waals surface area contributed by atoms with E-state index in [1.807, 2.05) is 24.3 Å². The van der Waals surface area contributed by atoms with Crippen molar-refractivity contribution in [2.24, 2.45) is 0 Å². The van der Waals surface area contributed by atoms with Crippen molar-refractivity contribution in [2.75, 3.05) is 28.2 Å². The predicted octanol–water partition coefficient (Wildman–Crippen LogP) is 6.85. The predicted molar refractivity (Wildman–Crippen MR) is 162 cm³/mol. The molecule has 4 aromatic rings. The van der Waals surface area contributed by atoms with Gasteiger partial charge in [0.15, 0.2) is 0 Å². The number of anilines is 4. The molecule has 0 unspecified atom stereocenters. The van der Waals surface area contributed by atoms with Crippen molar-refractivity contribution in [3.8, 4) is 0 Å². The number of hydrogen-bond acceptors (Lipinski definition) is 5. The van der Waals surface area contributed by atoms with Crippen LogP contribution in [0.5, 0.6) is 0 Å². The average molecular weight is 554 g/mol. The first-order chi connectivity index (χ1) is 19.4.